The van der Waals surface area contributed by atoms with Crippen molar-refractivity contribution in [2.45, 2.75) is 49.1 Å². The first-order valence-electron chi connectivity index (χ1n) is 5.70. The quantitative estimate of drug-likeness (QED) is 0.709. The van der Waals surface area contributed by atoms with Crippen molar-refractivity contribution in [2.24, 2.45) is 0 Å². The third-order valence-corrected chi connectivity index (χ3v) is 4.36. The molecule has 2 rings (SSSR count). The minimum atomic E-state index is 0.517. The van der Waals surface area contributed by atoms with E-state index in [0.717, 1.165) is 10.9 Å². The molecule has 0 aromatic heterocycles. The van der Waals surface area contributed by atoms with E-state index in [-0.39, 0.29) is 0 Å². The maximum Gasteiger partial charge on any atom is 0.0586 e. The van der Waals surface area contributed by atoms with Gasteiger partial charge in [0.1, 0.15) is 0 Å². The van der Waals surface area contributed by atoms with Gasteiger partial charge in [-0.15, -0.1) is 0 Å². The molecule has 1 aliphatic carbocycles. The van der Waals surface area contributed by atoms with Crippen LogP contribution in [-0.4, -0.2) is 42.1 Å². The van der Waals surface area contributed by atoms with E-state index in [1.54, 1.807) is 0 Å². The topological polar surface area (TPSA) is 12.5 Å². The molecular formula is C11H20BrNO. The van der Waals surface area contributed by atoms with Gasteiger partial charge in [0.2, 0.25) is 0 Å². The summed E-state index contributed by atoms with van der Waals surface area (Å²) in [4.78, 5) is 3.37. The third-order valence-electron chi connectivity index (χ3n) is 3.61. The van der Waals surface area contributed by atoms with Crippen LogP contribution in [-0.2, 0) is 4.74 Å². The first-order valence-corrected chi connectivity index (χ1v) is 6.62. The van der Waals surface area contributed by atoms with E-state index in [9.17, 15) is 0 Å². The molecule has 3 unspecified atom stereocenters. The number of ether oxygens (including phenoxy) is 1. The summed E-state index contributed by atoms with van der Waals surface area (Å²) < 4.78 is 5.47. The van der Waals surface area contributed by atoms with Gasteiger partial charge in [-0.3, -0.25) is 4.90 Å². The van der Waals surface area contributed by atoms with Gasteiger partial charge in [-0.2, -0.15) is 0 Å². The fourth-order valence-electron chi connectivity index (χ4n) is 2.74. The fraction of sp³-hybridized carbons (Fsp3) is 1.00. The molecular weight excluding hydrogens is 242 g/mol. The lowest BCUT2D eigenvalue weighted by atomic mass is 9.92. The SMILES string of the molecule is COC1CCCC(N2CCC(Br)C2)C1. The number of alkyl halides is 1. The van der Waals surface area contributed by atoms with Crippen LogP contribution < -0.4 is 0 Å². The lowest BCUT2D eigenvalue weighted by molar-refractivity contribution is 0.0342. The van der Waals surface area contributed by atoms with Gasteiger partial charge in [0.15, 0.2) is 0 Å². The minimum Gasteiger partial charge on any atom is -0.381 e. The molecule has 82 valence electrons. The molecule has 2 fully saturated rings. The molecule has 0 spiro atoms. The number of halogens is 1. The molecule has 3 heteroatoms. The summed E-state index contributed by atoms with van der Waals surface area (Å²) >= 11 is 3.70. The maximum absolute atomic E-state index is 5.47. The van der Waals surface area contributed by atoms with Crippen LogP contribution in [0.3, 0.4) is 0 Å². The van der Waals surface area contributed by atoms with E-state index in [1.807, 2.05) is 7.11 Å². The van der Waals surface area contributed by atoms with Crippen LogP contribution in [0.5, 0.6) is 0 Å². The van der Waals surface area contributed by atoms with E-state index in [2.05, 4.69) is 20.8 Å². The van der Waals surface area contributed by atoms with Gasteiger partial charge in [0.25, 0.3) is 0 Å². The first-order chi connectivity index (χ1) is 6.79. The van der Waals surface area contributed by atoms with Crippen LogP contribution in [0.4, 0.5) is 0 Å². The van der Waals surface area contributed by atoms with Crippen molar-refractivity contribution in [1.29, 1.82) is 0 Å². The van der Waals surface area contributed by atoms with Gasteiger partial charge < -0.3 is 4.74 Å². The Labute approximate surface area is 95.1 Å². The van der Waals surface area contributed by atoms with E-state index in [4.69, 9.17) is 4.74 Å². The summed E-state index contributed by atoms with van der Waals surface area (Å²) in [5.41, 5.74) is 0. The zero-order valence-corrected chi connectivity index (χ0v) is 10.5. The van der Waals surface area contributed by atoms with Crippen molar-refractivity contribution in [3.05, 3.63) is 0 Å². The van der Waals surface area contributed by atoms with E-state index in [1.165, 1.54) is 45.2 Å². The van der Waals surface area contributed by atoms with Crippen LogP contribution in [0.25, 0.3) is 0 Å². The Kier molecular flexibility index (Phi) is 3.86. The average molecular weight is 262 g/mol. The van der Waals surface area contributed by atoms with Crippen LogP contribution in [0.1, 0.15) is 32.1 Å². The van der Waals surface area contributed by atoms with Crippen LogP contribution >= 0.6 is 15.9 Å². The Hall–Kier alpha value is 0.400. The molecule has 1 aliphatic heterocycles. The van der Waals surface area contributed by atoms with Crippen molar-refractivity contribution in [1.82, 2.24) is 4.90 Å². The molecule has 1 heterocycles. The normalized spacial score (nSPS) is 40.3. The van der Waals surface area contributed by atoms with Gasteiger partial charge in [0, 0.05) is 24.5 Å². The highest BCUT2D eigenvalue weighted by atomic mass is 79.9. The molecule has 1 saturated carbocycles. The number of hydrogen-bond acceptors (Lipinski definition) is 2. The smallest absolute Gasteiger partial charge is 0.0586 e. The molecule has 0 radical (unpaired) electrons. The Bertz CT molecular complexity index is 188. The zero-order valence-electron chi connectivity index (χ0n) is 8.92. The second-order valence-corrected chi connectivity index (χ2v) is 5.85. The second-order valence-electron chi connectivity index (χ2n) is 4.56. The highest BCUT2D eigenvalue weighted by Gasteiger charge is 2.30. The second kappa shape index (κ2) is 4.95. The van der Waals surface area contributed by atoms with Gasteiger partial charge in [-0.05, 0) is 38.6 Å². The van der Waals surface area contributed by atoms with Crippen LogP contribution in [0.2, 0.25) is 0 Å². The lowest BCUT2D eigenvalue weighted by Gasteiger charge is -2.34. The Morgan fingerprint density at radius 2 is 2.14 bits per heavy atom. The van der Waals surface area contributed by atoms with Crippen LogP contribution in [0.15, 0.2) is 0 Å². The van der Waals surface area contributed by atoms with Crippen LogP contribution in [0, 0.1) is 0 Å². The Balaban J connectivity index is 1.84. The number of nitrogens with zero attached hydrogens (tertiary/aromatic N) is 1. The lowest BCUT2D eigenvalue weighted by Crippen LogP contribution is -2.39. The summed E-state index contributed by atoms with van der Waals surface area (Å²) in [5, 5.41) is 0. The largest absolute Gasteiger partial charge is 0.381 e. The Morgan fingerprint density at radius 3 is 2.79 bits per heavy atom. The third kappa shape index (κ3) is 2.50. The summed E-state index contributed by atoms with van der Waals surface area (Å²) in [7, 11) is 1.85. The molecule has 1 saturated heterocycles. The summed E-state index contributed by atoms with van der Waals surface area (Å²) in [6.45, 7) is 2.51. The fourth-order valence-corrected chi connectivity index (χ4v) is 3.32. The van der Waals surface area contributed by atoms with E-state index in [0.29, 0.717) is 6.10 Å². The average Bonchev–Trinajstić information content (AvgIpc) is 2.65. The monoisotopic (exact) mass is 261 g/mol. The molecule has 0 aromatic carbocycles. The van der Waals surface area contributed by atoms with Crippen molar-refractivity contribution in [3.8, 4) is 0 Å². The predicted molar refractivity (Wildman–Crippen MR) is 62.0 cm³/mol. The number of hydrogen-bond donors (Lipinski definition) is 0. The molecule has 2 nitrogen and oxygen atoms in total. The molecule has 2 aliphatic rings. The summed E-state index contributed by atoms with van der Waals surface area (Å²) in [6.07, 6.45) is 7.05. The molecule has 0 amide bonds. The highest BCUT2D eigenvalue weighted by Crippen LogP contribution is 2.28. The van der Waals surface area contributed by atoms with Crippen molar-refractivity contribution < 1.29 is 4.74 Å². The van der Waals surface area contributed by atoms with Crippen molar-refractivity contribution in [2.75, 3.05) is 20.2 Å². The van der Waals surface area contributed by atoms with E-state index >= 15 is 0 Å². The first kappa shape index (κ1) is 10.9. The number of likely N-dealkylation sites (tertiary alicyclic amines) is 1. The van der Waals surface area contributed by atoms with Gasteiger partial charge in [-0.1, -0.05) is 15.9 Å². The van der Waals surface area contributed by atoms with Gasteiger partial charge in [0.05, 0.1) is 6.10 Å². The summed E-state index contributed by atoms with van der Waals surface area (Å²) in [5.74, 6) is 0. The predicted octanol–water partition coefficient (Wildman–Crippen LogP) is 2.41. The maximum atomic E-state index is 5.47. The van der Waals surface area contributed by atoms with E-state index < -0.39 is 0 Å². The minimum absolute atomic E-state index is 0.517. The molecule has 3 atom stereocenters. The molecule has 14 heavy (non-hydrogen) atoms. The van der Waals surface area contributed by atoms with Gasteiger partial charge in [-0.25, -0.2) is 0 Å². The molecule has 0 N–H and O–H groups in total. The van der Waals surface area contributed by atoms with Gasteiger partial charge >= 0.3 is 0 Å². The standard InChI is InChI=1S/C11H20BrNO/c1-14-11-4-2-3-10(7-11)13-6-5-9(12)8-13/h9-11H,2-8H2,1H3. The summed E-state index contributed by atoms with van der Waals surface area (Å²) in [6, 6.07) is 0.788. The number of rotatable bonds is 2. The Morgan fingerprint density at radius 1 is 1.29 bits per heavy atom. The van der Waals surface area contributed by atoms with Crippen molar-refractivity contribution in [3.63, 3.8) is 0 Å². The number of methoxy groups -OCH3 is 1. The molecule has 0 aromatic rings. The highest BCUT2D eigenvalue weighted by molar-refractivity contribution is 9.09. The zero-order chi connectivity index (χ0) is 9.97. The molecule has 0 bridgehead atoms. The van der Waals surface area contributed by atoms with Crippen molar-refractivity contribution >= 4 is 15.9 Å².